The van der Waals surface area contributed by atoms with E-state index in [0.717, 1.165) is 29.4 Å². The summed E-state index contributed by atoms with van der Waals surface area (Å²) in [7, 11) is -1.97. The van der Waals surface area contributed by atoms with Gasteiger partial charge in [-0.1, -0.05) is 67.1 Å². The van der Waals surface area contributed by atoms with Crippen molar-refractivity contribution < 1.29 is 22.7 Å². The minimum absolute atomic E-state index is 0.0776. The van der Waals surface area contributed by atoms with Crippen LogP contribution in [0.25, 0.3) is 0 Å². The van der Waals surface area contributed by atoms with Crippen molar-refractivity contribution in [1.82, 2.24) is 10.2 Å². The van der Waals surface area contributed by atoms with Gasteiger partial charge in [-0.05, 0) is 55.2 Å². The van der Waals surface area contributed by atoms with E-state index in [-0.39, 0.29) is 31.3 Å². The molecule has 9 heteroatoms. The molecule has 3 aromatic rings. The number of hydrogen-bond donors (Lipinski definition) is 1. The number of aryl methyl sites for hydroxylation is 1. The second-order valence-corrected chi connectivity index (χ2v) is 12.1. The van der Waals surface area contributed by atoms with Crippen LogP contribution in [0, 0.1) is 6.92 Å². The molecule has 0 fully saturated rings. The van der Waals surface area contributed by atoms with Crippen LogP contribution in [0.1, 0.15) is 42.9 Å². The molecule has 0 bridgehead atoms. The van der Waals surface area contributed by atoms with Crippen molar-refractivity contribution >= 4 is 27.5 Å². The van der Waals surface area contributed by atoms with Gasteiger partial charge in [0.1, 0.15) is 11.8 Å². The Balaban J connectivity index is 1.88. The molecule has 0 unspecified atom stereocenters. The Morgan fingerprint density at radius 3 is 2.27 bits per heavy atom. The molecule has 0 heterocycles. The lowest BCUT2D eigenvalue weighted by atomic mass is 10.0. The Labute approximate surface area is 244 Å². The number of anilines is 1. The lowest BCUT2D eigenvalue weighted by molar-refractivity contribution is -0.141. The first-order chi connectivity index (χ1) is 19.6. The number of sulfonamides is 1. The predicted molar refractivity (Wildman–Crippen MR) is 163 cm³/mol. The average Bonchev–Trinajstić information content (AvgIpc) is 2.96. The molecule has 3 rings (SSSR count). The number of amides is 2. The van der Waals surface area contributed by atoms with Gasteiger partial charge in [-0.25, -0.2) is 8.42 Å². The summed E-state index contributed by atoms with van der Waals surface area (Å²) in [5, 5.41) is 2.97. The Morgan fingerprint density at radius 2 is 1.63 bits per heavy atom. The van der Waals surface area contributed by atoms with E-state index in [0.29, 0.717) is 30.8 Å². The van der Waals surface area contributed by atoms with Crippen LogP contribution in [-0.2, 0) is 32.6 Å². The van der Waals surface area contributed by atoms with E-state index in [1.165, 1.54) is 4.31 Å². The van der Waals surface area contributed by atoms with Crippen molar-refractivity contribution in [3.8, 4) is 5.75 Å². The Kier molecular flexibility index (Phi) is 11.8. The van der Waals surface area contributed by atoms with Crippen molar-refractivity contribution in [2.75, 3.05) is 30.8 Å². The molecule has 0 aliphatic heterocycles. The Bertz CT molecular complexity index is 1380. The summed E-state index contributed by atoms with van der Waals surface area (Å²) >= 11 is 0. The number of methoxy groups -OCH3 is 1. The first kappa shape index (κ1) is 31.7. The monoisotopic (exact) mass is 579 g/mol. The molecule has 1 N–H and O–H groups in total. The molecule has 220 valence electrons. The number of benzene rings is 3. The van der Waals surface area contributed by atoms with Gasteiger partial charge >= 0.3 is 0 Å². The van der Waals surface area contributed by atoms with E-state index < -0.39 is 16.1 Å². The standard InChI is InChI=1S/C32H41N3O5S/c1-5-20-33-32(37)30(23-26-11-7-6-8-12-26)34(24-27-13-9-14-29(22-27)40-3)31(36)15-10-21-35(41(4,38)39)28-18-16-25(2)17-19-28/h6-9,11-14,16-19,22,30H,5,10,15,20-21,23-24H2,1-4H3,(H,33,37)/t30-/m0/s1. The summed E-state index contributed by atoms with van der Waals surface area (Å²) in [5.74, 6) is 0.217. The van der Waals surface area contributed by atoms with Crippen molar-refractivity contribution in [3.05, 3.63) is 95.6 Å². The SMILES string of the molecule is CCCNC(=O)[C@H](Cc1ccccc1)N(Cc1cccc(OC)c1)C(=O)CCCN(c1ccc(C)cc1)S(C)(=O)=O. The van der Waals surface area contributed by atoms with Gasteiger partial charge in [0.25, 0.3) is 0 Å². The van der Waals surface area contributed by atoms with Gasteiger partial charge in [0.2, 0.25) is 21.8 Å². The molecule has 0 radical (unpaired) electrons. The molecular weight excluding hydrogens is 538 g/mol. The van der Waals surface area contributed by atoms with Crippen molar-refractivity contribution in [1.29, 1.82) is 0 Å². The van der Waals surface area contributed by atoms with Crippen molar-refractivity contribution in [2.45, 2.75) is 52.1 Å². The second-order valence-electron chi connectivity index (χ2n) is 10.1. The molecule has 1 atom stereocenters. The molecule has 3 aromatic carbocycles. The third-order valence-electron chi connectivity index (χ3n) is 6.78. The van der Waals surface area contributed by atoms with Crippen LogP contribution in [0.15, 0.2) is 78.9 Å². The van der Waals surface area contributed by atoms with Gasteiger partial charge in [0.15, 0.2) is 0 Å². The van der Waals surface area contributed by atoms with E-state index in [2.05, 4.69) is 5.32 Å². The lowest BCUT2D eigenvalue weighted by Gasteiger charge is -2.32. The van der Waals surface area contributed by atoms with Crippen LogP contribution < -0.4 is 14.4 Å². The smallest absolute Gasteiger partial charge is 0.243 e. The molecule has 0 spiro atoms. The fourth-order valence-corrected chi connectivity index (χ4v) is 5.57. The van der Waals surface area contributed by atoms with E-state index in [4.69, 9.17) is 4.74 Å². The highest BCUT2D eigenvalue weighted by Gasteiger charge is 2.30. The number of hydrogen-bond acceptors (Lipinski definition) is 5. The largest absolute Gasteiger partial charge is 0.497 e. The highest BCUT2D eigenvalue weighted by atomic mass is 32.2. The first-order valence-electron chi connectivity index (χ1n) is 13.9. The maximum atomic E-state index is 13.9. The first-order valence-corrected chi connectivity index (χ1v) is 15.8. The lowest BCUT2D eigenvalue weighted by Crippen LogP contribution is -2.50. The van der Waals surface area contributed by atoms with Crippen LogP contribution in [0.4, 0.5) is 5.69 Å². The molecule has 2 amide bonds. The van der Waals surface area contributed by atoms with Gasteiger partial charge in [-0.15, -0.1) is 0 Å². The topological polar surface area (TPSA) is 96.0 Å². The summed E-state index contributed by atoms with van der Waals surface area (Å²) in [4.78, 5) is 29.0. The summed E-state index contributed by atoms with van der Waals surface area (Å²) in [5.41, 5.74) is 3.35. The van der Waals surface area contributed by atoms with Crippen LogP contribution in [-0.4, -0.2) is 57.6 Å². The fraction of sp³-hybridized carbons (Fsp3) is 0.375. The van der Waals surface area contributed by atoms with Crippen LogP contribution >= 0.6 is 0 Å². The zero-order valence-electron chi connectivity index (χ0n) is 24.4. The number of carbonyl (C=O) groups is 2. The predicted octanol–water partition coefficient (Wildman–Crippen LogP) is 4.72. The third-order valence-corrected chi connectivity index (χ3v) is 7.98. The van der Waals surface area contributed by atoms with E-state index >= 15 is 0 Å². The zero-order valence-corrected chi connectivity index (χ0v) is 25.2. The summed E-state index contributed by atoms with van der Waals surface area (Å²) < 4.78 is 31.9. The Hall–Kier alpha value is -3.85. The van der Waals surface area contributed by atoms with Gasteiger partial charge in [-0.3, -0.25) is 13.9 Å². The normalized spacial score (nSPS) is 11.9. The van der Waals surface area contributed by atoms with Crippen molar-refractivity contribution in [2.24, 2.45) is 0 Å². The van der Waals surface area contributed by atoms with E-state index in [1.807, 2.05) is 80.6 Å². The Morgan fingerprint density at radius 1 is 0.951 bits per heavy atom. The van der Waals surface area contributed by atoms with E-state index in [9.17, 15) is 18.0 Å². The van der Waals surface area contributed by atoms with Gasteiger partial charge in [-0.2, -0.15) is 0 Å². The van der Waals surface area contributed by atoms with Crippen LogP contribution in [0.3, 0.4) is 0 Å². The van der Waals surface area contributed by atoms with Crippen molar-refractivity contribution in [3.63, 3.8) is 0 Å². The number of ether oxygens (including phenoxy) is 1. The molecular formula is C32H41N3O5S. The van der Waals surface area contributed by atoms with Gasteiger partial charge in [0, 0.05) is 32.5 Å². The fourth-order valence-electron chi connectivity index (χ4n) is 4.60. The molecule has 0 saturated heterocycles. The van der Waals surface area contributed by atoms with Crippen LogP contribution in [0.5, 0.6) is 5.75 Å². The number of carbonyl (C=O) groups excluding carboxylic acids is 2. The van der Waals surface area contributed by atoms with Crippen LogP contribution in [0.2, 0.25) is 0 Å². The highest BCUT2D eigenvalue weighted by molar-refractivity contribution is 7.92. The van der Waals surface area contributed by atoms with E-state index in [1.54, 1.807) is 24.1 Å². The molecule has 0 aliphatic carbocycles. The quantitative estimate of drug-likeness (QED) is 0.281. The number of nitrogens with one attached hydrogen (secondary N) is 1. The highest BCUT2D eigenvalue weighted by Crippen LogP contribution is 2.22. The number of nitrogens with zero attached hydrogens (tertiary/aromatic N) is 2. The zero-order chi connectivity index (χ0) is 29.8. The third kappa shape index (κ3) is 9.63. The molecule has 41 heavy (non-hydrogen) atoms. The molecule has 0 aromatic heterocycles. The van der Waals surface area contributed by atoms with Gasteiger partial charge < -0.3 is 15.0 Å². The minimum atomic E-state index is -3.56. The number of rotatable bonds is 15. The van der Waals surface area contributed by atoms with Gasteiger partial charge in [0.05, 0.1) is 19.1 Å². The maximum Gasteiger partial charge on any atom is 0.243 e. The summed E-state index contributed by atoms with van der Waals surface area (Å²) in [6.07, 6.45) is 2.66. The second kappa shape index (κ2) is 15.2. The maximum absolute atomic E-state index is 13.9. The summed E-state index contributed by atoms with van der Waals surface area (Å²) in [6.45, 7) is 4.78. The average molecular weight is 580 g/mol. The molecule has 8 nitrogen and oxygen atoms in total. The molecule has 0 saturated carbocycles. The minimum Gasteiger partial charge on any atom is -0.497 e. The molecule has 0 aliphatic rings. The summed E-state index contributed by atoms with van der Waals surface area (Å²) in [6, 6.07) is 23.6.